The molecule has 2 heterocycles. The molecule has 0 unspecified atom stereocenters. The number of benzene rings is 8. The van der Waals surface area contributed by atoms with Gasteiger partial charge in [0.05, 0.1) is 0 Å². The van der Waals surface area contributed by atoms with E-state index in [1.54, 1.807) is 0 Å². The van der Waals surface area contributed by atoms with Crippen LogP contribution in [-0.2, 0) is 5.41 Å². The molecule has 244 valence electrons. The number of para-hydroxylation sites is 1. The summed E-state index contributed by atoms with van der Waals surface area (Å²) in [5, 5.41) is 9.33. The first-order valence-corrected chi connectivity index (χ1v) is 17.8. The van der Waals surface area contributed by atoms with Crippen molar-refractivity contribution in [2.75, 3.05) is 0 Å². The highest BCUT2D eigenvalue weighted by molar-refractivity contribution is 6.28. The second kappa shape index (κ2) is 10.7. The maximum Gasteiger partial charge on any atom is 0.164 e. The van der Waals surface area contributed by atoms with E-state index in [-0.39, 0.29) is 5.41 Å². The number of hydrogen-bond donors (Lipinski definition) is 0. The molecule has 0 spiro atoms. The average Bonchev–Trinajstić information content (AvgIpc) is 3.68. The Morgan fingerprint density at radius 2 is 0.923 bits per heavy atom. The highest BCUT2D eigenvalue weighted by Gasteiger charge is 2.35. The molecule has 0 bridgehead atoms. The molecule has 4 nitrogen and oxygen atoms in total. The number of aromatic nitrogens is 3. The Labute approximate surface area is 300 Å². The minimum absolute atomic E-state index is 0.0710. The molecule has 4 heteroatoms. The van der Waals surface area contributed by atoms with Crippen LogP contribution in [0.25, 0.3) is 99.5 Å². The molecule has 0 fully saturated rings. The maximum atomic E-state index is 6.32. The van der Waals surface area contributed by atoms with Gasteiger partial charge >= 0.3 is 0 Å². The molecule has 0 N–H and O–H groups in total. The molecule has 8 aromatic carbocycles. The summed E-state index contributed by atoms with van der Waals surface area (Å²) >= 11 is 0. The highest BCUT2D eigenvalue weighted by atomic mass is 16.3. The monoisotopic (exact) mass is 665 g/mol. The van der Waals surface area contributed by atoms with Gasteiger partial charge < -0.3 is 4.42 Å². The number of hydrogen-bond acceptors (Lipinski definition) is 4. The first kappa shape index (κ1) is 29.1. The molecule has 0 amide bonds. The summed E-state index contributed by atoms with van der Waals surface area (Å²) in [5.41, 5.74) is 9.79. The second-order valence-corrected chi connectivity index (χ2v) is 14.4. The van der Waals surface area contributed by atoms with E-state index in [4.69, 9.17) is 19.4 Å². The Bertz CT molecular complexity index is 3100. The van der Waals surface area contributed by atoms with Crippen molar-refractivity contribution in [2.24, 2.45) is 0 Å². The van der Waals surface area contributed by atoms with E-state index in [1.165, 1.54) is 49.2 Å². The van der Waals surface area contributed by atoms with Crippen LogP contribution in [0.15, 0.2) is 156 Å². The average molecular weight is 666 g/mol. The molecule has 0 radical (unpaired) electrons. The summed E-state index contributed by atoms with van der Waals surface area (Å²) in [4.78, 5) is 15.4. The lowest BCUT2D eigenvalue weighted by atomic mass is 9.82. The van der Waals surface area contributed by atoms with Gasteiger partial charge in [-0.2, -0.15) is 0 Å². The molecule has 2 aromatic heterocycles. The van der Waals surface area contributed by atoms with Gasteiger partial charge in [-0.15, -0.1) is 0 Å². The zero-order chi connectivity index (χ0) is 34.6. The van der Waals surface area contributed by atoms with E-state index < -0.39 is 0 Å². The molecular formula is C48H31N3O. The molecule has 0 atom stereocenters. The fourth-order valence-electron chi connectivity index (χ4n) is 8.52. The van der Waals surface area contributed by atoms with Crippen molar-refractivity contribution >= 4 is 54.3 Å². The molecule has 0 saturated heterocycles. The smallest absolute Gasteiger partial charge is 0.164 e. The zero-order valence-corrected chi connectivity index (χ0v) is 28.7. The van der Waals surface area contributed by atoms with E-state index in [2.05, 4.69) is 135 Å². The minimum atomic E-state index is -0.0710. The molecule has 52 heavy (non-hydrogen) atoms. The van der Waals surface area contributed by atoms with Crippen molar-refractivity contribution in [1.29, 1.82) is 0 Å². The zero-order valence-electron chi connectivity index (χ0n) is 28.7. The Morgan fingerprint density at radius 1 is 0.365 bits per heavy atom. The van der Waals surface area contributed by atoms with Gasteiger partial charge in [0.1, 0.15) is 11.2 Å². The van der Waals surface area contributed by atoms with Gasteiger partial charge in [0.2, 0.25) is 0 Å². The van der Waals surface area contributed by atoms with Gasteiger partial charge in [0, 0.05) is 32.9 Å². The fourth-order valence-corrected chi connectivity index (χ4v) is 8.52. The van der Waals surface area contributed by atoms with Crippen molar-refractivity contribution in [3.63, 3.8) is 0 Å². The van der Waals surface area contributed by atoms with Crippen molar-refractivity contribution in [2.45, 2.75) is 19.3 Å². The largest absolute Gasteiger partial charge is 0.456 e. The van der Waals surface area contributed by atoms with Crippen LogP contribution in [0.5, 0.6) is 0 Å². The van der Waals surface area contributed by atoms with Crippen LogP contribution < -0.4 is 0 Å². The van der Waals surface area contributed by atoms with E-state index in [0.717, 1.165) is 44.0 Å². The first-order chi connectivity index (χ1) is 25.5. The summed E-state index contributed by atoms with van der Waals surface area (Å²) in [6.07, 6.45) is 0. The normalized spacial score (nSPS) is 13.3. The maximum absolute atomic E-state index is 6.32. The molecular weight excluding hydrogens is 635 g/mol. The van der Waals surface area contributed by atoms with Crippen LogP contribution in [0.2, 0.25) is 0 Å². The van der Waals surface area contributed by atoms with E-state index in [0.29, 0.717) is 17.5 Å². The number of nitrogens with zero attached hydrogens (tertiary/aromatic N) is 3. The summed E-state index contributed by atoms with van der Waals surface area (Å²) in [6.45, 7) is 4.61. The van der Waals surface area contributed by atoms with Crippen LogP contribution in [-0.4, -0.2) is 15.0 Å². The third-order valence-electron chi connectivity index (χ3n) is 11.1. The molecule has 1 aliphatic rings. The quantitative estimate of drug-likeness (QED) is 0.176. The molecule has 0 aliphatic heterocycles. The first-order valence-electron chi connectivity index (χ1n) is 17.8. The Hall–Kier alpha value is -6.65. The predicted octanol–water partition coefficient (Wildman–Crippen LogP) is 12.5. The van der Waals surface area contributed by atoms with E-state index in [9.17, 15) is 0 Å². The van der Waals surface area contributed by atoms with Gasteiger partial charge in [0.15, 0.2) is 17.5 Å². The number of rotatable bonds is 3. The predicted molar refractivity (Wildman–Crippen MR) is 213 cm³/mol. The van der Waals surface area contributed by atoms with Gasteiger partial charge in [-0.1, -0.05) is 135 Å². The third-order valence-corrected chi connectivity index (χ3v) is 11.1. The Morgan fingerprint density at radius 3 is 1.71 bits per heavy atom. The van der Waals surface area contributed by atoms with E-state index >= 15 is 0 Å². The van der Waals surface area contributed by atoms with Crippen molar-refractivity contribution in [1.82, 2.24) is 15.0 Å². The van der Waals surface area contributed by atoms with Crippen molar-refractivity contribution < 1.29 is 4.42 Å². The third kappa shape index (κ3) is 4.18. The standard InChI is InChI=1S/C48H31N3O/c1-48(2)41-18-10-8-16-34(41)39-25-30(21-23-42(39)48)47-50-45(28-12-4-3-5-13-28)49-46(51-47)29-20-22-33-36(24-29)31-14-6-7-15-32(31)38-27-44-40(26-37(33)38)35-17-9-11-19-43(35)52-44/h3-27H,1-2H3. The van der Waals surface area contributed by atoms with Crippen molar-refractivity contribution in [3.8, 4) is 45.3 Å². The SMILES string of the molecule is CC1(C)c2ccccc2-c2cc(-c3nc(-c4ccccc4)nc(-c4ccc5c(c4)c4ccccc4c4cc6oc7ccccc7c6cc54)n3)ccc21. The van der Waals surface area contributed by atoms with Crippen molar-refractivity contribution in [3.05, 3.63) is 163 Å². The summed E-state index contributed by atoms with van der Waals surface area (Å²) < 4.78 is 6.32. The van der Waals surface area contributed by atoms with Gasteiger partial charge in [0.25, 0.3) is 0 Å². The summed E-state index contributed by atoms with van der Waals surface area (Å²) in [7, 11) is 0. The molecule has 11 rings (SSSR count). The van der Waals surface area contributed by atoms with E-state index in [1.807, 2.05) is 30.3 Å². The van der Waals surface area contributed by atoms with Crippen LogP contribution in [0.3, 0.4) is 0 Å². The molecule has 10 aromatic rings. The lowest BCUT2D eigenvalue weighted by molar-refractivity contribution is 0.660. The number of fused-ring (bicyclic) bond motifs is 12. The van der Waals surface area contributed by atoms with Crippen LogP contribution in [0.1, 0.15) is 25.0 Å². The lowest BCUT2D eigenvalue weighted by Gasteiger charge is -2.21. The topological polar surface area (TPSA) is 51.8 Å². The summed E-state index contributed by atoms with van der Waals surface area (Å²) in [6, 6.07) is 53.7. The van der Waals surface area contributed by atoms with Crippen LogP contribution >= 0.6 is 0 Å². The highest BCUT2D eigenvalue weighted by Crippen LogP contribution is 2.49. The van der Waals surface area contributed by atoms with Crippen LogP contribution in [0.4, 0.5) is 0 Å². The molecule has 0 saturated carbocycles. The van der Waals surface area contributed by atoms with Gasteiger partial charge in [-0.05, 0) is 84.9 Å². The second-order valence-electron chi connectivity index (χ2n) is 14.4. The lowest BCUT2D eigenvalue weighted by Crippen LogP contribution is -2.14. The Balaban J connectivity index is 1.14. The fraction of sp³-hybridized carbons (Fsp3) is 0.0625. The van der Waals surface area contributed by atoms with Gasteiger partial charge in [-0.3, -0.25) is 0 Å². The van der Waals surface area contributed by atoms with Gasteiger partial charge in [-0.25, -0.2) is 15.0 Å². The Kier molecular flexibility index (Phi) is 5.98. The number of furan rings is 1. The minimum Gasteiger partial charge on any atom is -0.456 e. The van der Waals surface area contributed by atoms with Crippen LogP contribution in [0, 0.1) is 0 Å². The molecule has 1 aliphatic carbocycles. The summed E-state index contributed by atoms with van der Waals surface area (Å²) in [5.74, 6) is 1.96.